The summed E-state index contributed by atoms with van der Waals surface area (Å²) in [5, 5.41) is 3.40. The van der Waals surface area contributed by atoms with Crippen LogP contribution in [0.3, 0.4) is 0 Å². The van der Waals surface area contributed by atoms with E-state index in [9.17, 15) is 0 Å². The van der Waals surface area contributed by atoms with Crippen LogP contribution in [0.25, 0.3) is 0 Å². The summed E-state index contributed by atoms with van der Waals surface area (Å²) in [6.07, 6.45) is 6.49. The molecule has 1 heterocycles. The molecule has 106 valence electrons. The molecular formula is C17H28N2. The third-order valence-corrected chi connectivity index (χ3v) is 4.17. The molecule has 1 aromatic rings. The van der Waals surface area contributed by atoms with Gasteiger partial charge in [0.25, 0.3) is 0 Å². The van der Waals surface area contributed by atoms with Gasteiger partial charge in [0.15, 0.2) is 0 Å². The minimum atomic E-state index is 0.698. The Morgan fingerprint density at radius 1 is 1.21 bits per heavy atom. The van der Waals surface area contributed by atoms with Crippen LogP contribution in [-0.4, -0.2) is 25.7 Å². The first kappa shape index (κ1) is 14.4. The quantitative estimate of drug-likeness (QED) is 0.753. The van der Waals surface area contributed by atoms with Crippen LogP contribution in [-0.2, 0) is 6.42 Å². The second-order valence-corrected chi connectivity index (χ2v) is 5.62. The van der Waals surface area contributed by atoms with Gasteiger partial charge in [0.2, 0.25) is 0 Å². The molecular weight excluding hydrogens is 232 g/mol. The summed E-state index contributed by atoms with van der Waals surface area (Å²) in [6, 6.07) is 9.63. The van der Waals surface area contributed by atoms with Crippen molar-refractivity contribution in [1.29, 1.82) is 0 Å². The molecule has 0 radical (unpaired) electrons. The molecule has 0 saturated heterocycles. The van der Waals surface area contributed by atoms with Crippen molar-refractivity contribution in [3.05, 3.63) is 29.8 Å². The molecule has 1 N–H and O–H groups in total. The van der Waals surface area contributed by atoms with Crippen molar-refractivity contribution in [2.75, 3.05) is 24.5 Å². The normalized spacial score (nSPS) is 18.4. The van der Waals surface area contributed by atoms with Crippen molar-refractivity contribution in [1.82, 2.24) is 5.32 Å². The van der Waals surface area contributed by atoms with Gasteiger partial charge in [0.05, 0.1) is 0 Å². The molecule has 0 saturated carbocycles. The van der Waals surface area contributed by atoms with Crippen molar-refractivity contribution >= 4 is 5.69 Å². The second-order valence-electron chi connectivity index (χ2n) is 5.62. The molecule has 1 aromatic carbocycles. The van der Waals surface area contributed by atoms with Gasteiger partial charge in [-0.15, -0.1) is 0 Å². The zero-order chi connectivity index (χ0) is 13.5. The summed E-state index contributed by atoms with van der Waals surface area (Å²) in [7, 11) is 0. The molecule has 1 aliphatic rings. The Bertz CT molecular complexity index is 375. The number of para-hydroxylation sites is 1. The summed E-state index contributed by atoms with van der Waals surface area (Å²) < 4.78 is 0. The number of unbranched alkanes of at least 4 members (excludes halogenated alkanes) is 2. The standard InChI is InChI=1S/C17H28N2/c1-3-18-13-7-4-8-14-19-15(2)11-12-16-9-5-6-10-17(16)19/h5-6,9-10,15,18H,3-4,7-8,11-14H2,1-2H3. The molecule has 19 heavy (non-hydrogen) atoms. The van der Waals surface area contributed by atoms with Gasteiger partial charge in [0.1, 0.15) is 0 Å². The summed E-state index contributed by atoms with van der Waals surface area (Å²) in [5.41, 5.74) is 3.01. The predicted octanol–water partition coefficient (Wildman–Crippen LogP) is 3.61. The van der Waals surface area contributed by atoms with E-state index in [-0.39, 0.29) is 0 Å². The zero-order valence-electron chi connectivity index (χ0n) is 12.5. The average Bonchev–Trinajstić information content (AvgIpc) is 2.44. The first-order valence-corrected chi connectivity index (χ1v) is 7.88. The highest BCUT2D eigenvalue weighted by Gasteiger charge is 2.21. The van der Waals surface area contributed by atoms with E-state index in [1.165, 1.54) is 56.4 Å². The van der Waals surface area contributed by atoms with Crippen molar-refractivity contribution in [2.24, 2.45) is 0 Å². The number of fused-ring (bicyclic) bond motifs is 1. The Morgan fingerprint density at radius 2 is 2.05 bits per heavy atom. The highest BCUT2D eigenvalue weighted by Crippen LogP contribution is 2.30. The van der Waals surface area contributed by atoms with Crippen LogP contribution in [0.15, 0.2) is 24.3 Å². The molecule has 1 unspecified atom stereocenters. The largest absolute Gasteiger partial charge is 0.369 e. The highest BCUT2D eigenvalue weighted by atomic mass is 15.2. The lowest BCUT2D eigenvalue weighted by molar-refractivity contribution is 0.534. The second kappa shape index (κ2) is 7.54. The van der Waals surface area contributed by atoms with Crippen LogP contribution < -0.4 is 10.2 Å². The number of nitrogens with zero attached hydrogens (tertiary/aromatic N) is 1. The van der Waals surface area contributed by atoms with Crippen LogP contribution in [0.2, 0.25) is 0 Å². The molecule has 2 nitrogen and oxygen atoms in total. The SMILES string of the molecule is CCNCCCCCN1c2ccccc2CCC1C. The number of anilines is 1. The predicted molar refractivity (Wildman–Crippen MR) is 84.0 cm³/mol. The summed E-state index contributed by atoms with van der Waals surface area (Å²) in [5.74, 6) is 0. The zero-order valence-corrected chi connectivity index (χ0v) is 12.5. The maximum atomic E-state index is 3.40. The van der Waals surface area contributed by atoms with Crippen LogP contribution >= 0.6 is 0 Å². The van der Waals surface area contributed by atoms with Gasteiger partial charge < -0.3 is 10.2 Å². The first-order valence-electron chi connectivity index (χ1n) is 7.88. The molecule has 1 atom stereocenters. The number of aryl methyl sites for hydroxylation is 1. The van der Waals surface area contributed by atoms with Crippen molar-refractivity contribution in [3.63, 3.8) is 0 Å². The third kappa shape index (κ3) is 3.97. The fraction of sp³-hybridized carbons (Fsp3) is 0.647. The van der Waals surface area contributed by atoms with E-state index in [1.54, 1.807) is 0 Å². The molecule has 0 aliphatic carbocycles. The van der Waals surface area contributed by atoms with Gasteiger partial charge in [-0.3, -0.25) is 0 Å². The molecule has 2 heteroatoms. The number of nitrogens with one attached hydrogen (secondary N) is 1. The smallest absolute Gasteiger partial charge is 0.0401 e. The van der Waals surface area contributed by atoms with Crippen molar-refractivity contribution in [2.45, 2.75) is 52.0 Å². The van der Waals surface area contributed by atoms with E-state index in [0.717, 1.165) is 6.54 Å². The van der Waals surface area contributed by atoms with Crippen molar-refractivity contribution in [3.8, 4) is 0 Å². The number of rotatable bonds is 7. The van der Waals surface area contributed by atoms with E-state index >= 15 is 0 Å². The maximum absolute atomic E-state index is 3.40. The van der Waals surface area contributed by atoms with Gasteiger partial charge in [-0.2, -0.15) is 0 Å². The Kier molecular flexibility index (Phi) is 5.71. The minimum absolute atomic E-state index is 0.698. The average molecular weight is 260 g/mol. The Balaban J connectivity index is 1.82. The van der Waals surface area contributed by atoms with Gasteiger partial charge in [-0.1, -0.05) is 31.5 Å². The minimum Gasteiger partial charge on any atom is -0.369 e. The third-order valence-electron chi connectivity index (χ3n) is 4.17. The molecule has 0 amide bonds. The Labute approximate surface area is 118 Å². The Morgan fingerprint density at radius 3 is 2.89 bits per heavy atom. The molecule has 2 rings (SSSR count). The lowest BCUT2D eigenvalue weighted by atomic mass is 9.96. The van der Waals surface area contributed by atoms with Crippen LogP contribution in [0, 0.1) is 0 Å². The van der Waals surface area contributed by atoms with Crippen molar-refractivity contribution < 1.29 is 0 Å². The van der Waals surface area contributed by atoms with Gasteiger partial charge in [-0.05, 0) is 57.3 Å². The monoisotopic (exact) mass is 260 g/mol. The lowest BCUT2D eigenvalue weighted by Crippen LogP contribution is -2.38. The van der Waals surface area contributed by atoms with E-state index < -0.39 is 0 Å². The molecule has 0 aromatic heterocycles. The van der Waals surface area contributed by atoms with Crippen LogP contribution in [0.5, 0.6) is 0 Å². The van der Waals surface area contributed by atoms with Gasteiger partial charge in [0, 0.05) is 18.3 Å². The highest BCUT2D eigenvalue weighted by molar-refractivity contribution is 5.56. The molecule has 0 fully saturated rings. The number of hydrogen-bond donors (Lipinski definition) is 1. The van der Waals surface area contributed by atoms with Gasteiger partial charge >= 0.3 is 0 Å². The topological polar surface area (TPSA) is 15.3 Å². The molecule has 0 spiro atoms. The summed E-state index contributed by atoms with van der Waals surface area (Å²) >= 11 is 0. The van der Waals surface area contributed by atoms with Crippen LogP contribution in [0.1, 0.15) is 45.1 Å². The van der Waals surface area contributed by atoms with E-state index in [1.807, 2.05) is 0 Å². The van der Waals surface area contributed by atoms with Gasteiger partial charge in [-0.25, -0.2) is 0 Å². The number of hydrogen-bond acceptors (Lipinski definition) is 2. The molecule has 0 bridgehead atoms. The maximum Gasteiger partial charge on any atom is 0.0401 e. The fourth-order valence-electron chi connectivity index (χ4n) is 2.99. The van der Waals surface area contributed by atoms with E-state index in [2.05, 4.69) is 48.3 Å². The van der Waals surface area contributed by atoms with E-state index in [0.29, 0.717) is 6.04 Å². The van der Waals surface area contributed by atoms with E-state index in [4.69, 9.17) is 0 Å². The Hall–Kier alpha value is -1.02. The lowest BCUT2D eigenvalue weighted by Gasteiger charge is -2.37. The molecule has 1 aliphatic heterocycles. The summed E-state index contributed by atoms with van der Waals surface area (Å²) in [4.78, 5) is 2.62. The summed E-state index contributed by atoms with van der Waals surface area (Å²) in [6.45, 7) is 8.02. The number of benzene rings is 1. The first-order chi connectivity index (χ1) is 9.33. The van der Waals surface area contributed by atoms with Crippen LogP contribution in [0.4, 0.5) is 5.69 Å². The fourth-order valence-corrected chi connectivity index (χ4v) is 2.99.